The van der Waals surface area contributed by atoms with Gasteiger partial charge < -0.3 is 14.8 Å². The van der Waals surface area contributed by atoms with Gasteiger partial charge in [-0.25, -0.2) is 0 Å². The van der Waals surface area contributed by atoms with Crippen LogP contribution in [-0.2, 0) is 4.79 Å². The largest absolute Gasteiger partial charge is 0.493 e. The Hall–Kier alpha value is -3.48. The van der Waals surface area contributed by atoms with Crippen molar-refractivity contribution in [2.45, 2.75) is 0 Å². The van der Waals surface area contributed by atoms with E-state index in [9.17, 15) is 4.79 Å². The Kier molecular flexibility index (Phi) is 6.61. The predicted octanol–water partition coefficient (Wildman–Crippen LogP) is 3.80. The summed E-state index contributed by atoms with van der Waals surface area (Å²) in [5.74, 6) is 0.356. The van der Waals surface area contributed by atoms with Crippen LogP contribution in [0.5, 0.6) is 11.5 Å². The summed E-state index contributed by atoms with van der Waals surface area (Å²) < 4.78 is 10.7. The quantitative estimate of drug-likeness (QED) is 0.783. The standard InChI is InChI=1S/C19H14ClN3O3/c1-25-18-9-13(8-14(10-21)11-22)6-7-17(18)26-12-19(24)23-16-5-3-2-4-15(16)20/h2-9H,12H2,1H3,(H,23,24). The van der Waals surface area contributed by atoms with Crippen LogP contribution in [0.1, 0.15) is 5.56 Å². The highest BCUT2D eigenvalue weighted by Crippen LogP contribution is 2.29. The zero-order valence-electron chi connectivity index (χ0n) is 13.8. The smallest absolute Gasteiger partial charge is 0.262 e. The number of rotatable bonds is 6. The van der Waals surface area contributed by atoms with Crippen LogP contribution in [0.4, 0.5) is 5.69 Å². The minimum atomic E-state index is -0.375. The van der Waals surface area contributed by atoms with Crippen LogP contribution in [0.25, 0.3) is 6.08 Å². The van der Waals surface area contributed by atoms with Crippen LogP contribution < -0.4 is 14.8 Å². The summed E-state index contributed by atoms with van der Waals surface area (Å²) in [6.45, 7) is -0.238. The Morgan fingerprint density at radius 3 is 2.58 bits per heavy atom. The number of anilines is 1. The Labute approximate surface area is 155 Å². The van der Waals surface area contributed by atoms with Gasteiger partial charge in [0.25, 0.3) is 5.91 Å². The van der Waals surface area contributed by atoms with Crippen molar-refractivity contribution in [2.24, 2.45) is 0 Å². The van der Waals surface area contributed by atoms with E-state index in [4.69, 9.17) is 31.6 Å². The van der Waals surface area contributed by atoms with Gasteiger partial charge in [-0.3, -0.25) is 4.79 Å². The fraction of sp³-hybridized carbons (Fsp3) is 0.105. The SMILES string of the molecule is COc1cc(C=C(C#N)C#N)ccc1OCC(=O)Nc1ccccc1Cl. The first-order valence-electron chi connectivity index (χ1n) is 7.44. The number of benzene rings is 2. The Bertz CT molecular complexity index is 910. The maximum Gasteiger partial charge on any atom is 0.262 e. The number of para-hydroxylation sites is 1. The number of amides is 1. The van der Waals surface area contributed by atoms with Crippen LogP contribution in [0.2, 0.25) is 5.02 Å². The van der Waals surface area contributed by atoms with Gasteiger partial charge in [0.05, 0.1) is 17.8 Å². The molecule has 0 aliphatic heterocycles. The fourth-order valence-electron chi connectivity index (χ4n) is 2.04. The van der Waals surface area contributed by atoms with Gasteiger partial charge in [-0.05, 0) is 35.9 Å². The molecule has 0 fully saturated rings. The van der Waals surface area contributed by atoms with Crippen molar-refractivity contribution in [3.63, 3.8) is 0 Å². The fourth-order valence-corrected chi connectivity index (χ4v) is 2.22. The number of hydrogen-bond donors (Lipinski definition) is 1. The average molecular weight is 368 g/mol. The lowest BCUT2D eigenvalue weighted by molar-refractivity contribution is -0.118. The van der Waals surface area contributed by atoms with Crippen molar-refractivity contribution in [1.29, 1.82) is 10.5 Å². The molecule has 0 unspecified atom stereocenters. The molecule has 1 N–H and O–H groups in total. The second kappa shape index (κ2) is 9.12. The van der Waals surface area contributed by atoms with Gasteiger partial charge in [-0.1, -0.05) is 29.8 Å². The molecule has 0 saturated heterocycles. The van der Waals surface area contributed by atoms with Gasteiger partial charge >= 0.3 is 0 Å². The van der Waals surface area contributed by atoms with E-state index in [1.165, 1.54) is 13.2 Å². The zero-order chi connectivity index (χ0) is 18.9. The molecule has 0 spiro atoms. The third-order valence-corrected chi connectivity index (χ3v) is 3.58. The van der Waals surface area contributed by atoms with Crippen molar-refractivity contribution >= 4 is 29.3 Å². The van der Waals surface area contributed by atoms with Crippen molar-refractivity contribution in [3.05, 3.63) is 58.6 Å². The topological polar surface area (TPSA) is 95.1 Å². The van der Waals surface area contributed by atoms with Crippen molar-refractivity contribution in [1.82, 2.24) is 0 Å². The van der Waals surface area contributed by atoms with Crippen LogP contribution >= 0.6 is 11.6 Å². The summed E-state index contributed by atoms with van der Waals surface area (Å²) >= 11 is 5.99. The number of hydrogen-bond acceptors (Lipinski definition) is 5. The molecule has 2 aromatic carbocycles. The third-order valence-electron chi connectivity index (χ3n) is 3.25. The van der Waals surface area contributed by atoms with Crippen LogP contribution in [-0.4, -0.2) is 19.6 Å². The summed E-state index contributed by atoms with van der Waals surface area (Å²) in [5.41, 5.74) is 1.07. The minimum absolute atomic E-state index is 0.0279. The number of nitrogens with one attached hydrogen (secondary N) is 1. The molecule has 2 aromatic rings. The van der Waals surface area contributed by atoms with E-state index in [1.807, 2.05) is 0 Å². The number of carbonyl (C=O) groups excluding carboxylic acids is 1. The molecule has 1 amide bonds. The maximum atomic E-state index is 12.0. The van der Waals surface area contributed by atoms with Crippen LogP contribution in [0.15, 0.2) is 48.0 Å². The molecule has 7 heteroatoms. The number of allylic oxidation sites excluding steroid dienone is 1. The molecule has 0 aromatic heterocycles. The normalized spacial score (nSPS) is 9.38. The molecule has 0 aliphatic rings. The number of methoxy groups -OCH3 is 1. The molecule has 0 radical (unpaired) electrons. The van der Waals surface area contributed by atoms with Crippen LogP contribution in [0, 0.1) is 22.7 Å². The molecule has 0 atom stereocenters. The molecule has 6 nitrogen and oxygen atoms in total. The van der Waals surface area contributed by atoms with Gasteiger partial charge in [0.15, 0.2) is 18.1 Å². The summed E-state index contributed by atoms with van der Waals surface area (Å²) in [6, 6.07) is 15.3. The molecule has 26 heavy (non-hydrogen) atoms. The summed E-state index contributed by atoms with van der Waals surface area (Å²) in [5, 5.41) is 20.7. The monoisotopic (exact) mass is 367 g/mol. The molecule has 0 saturated carbocycles. The summed E-state index contributed by atoms with van der Waals surface area (Å²) in [7, 11) is 1.45. The first-order valence-corrected chi connectivity index (χ1v) is 7.82. The van der Waals surface area contributed by atoms with E-state index >= 15 is 0 Å². The van der Waals surface area contributed by atoms with Crippen molar-refractivity contribution in [2.75, 3.05) is 19.0 Å². The van der Waals surface area contributed by atoms with Gasteiger partial charge in [0, 0.05) is 0 Å². The number of ether oxygens (including phenoxy) is 2. The van der Waals surface area contributed by atoms with E-state index in [1.54, 1.807) is 54.6 Å². The van der Waals surface area contributed by atoms with E-state index < -0.39 is 0 Å². The van der Waals surface area contributed by atoms with Gasteiger partial charge in [-0.15, -0.1) is 0 Å². The second-order valence-corrected chi connectivity index (χ2v) is 5.42. The lowest BCUT2D eigenvalue weighted by Crippen LogP contribution is -2.20. The summed E-state index contributed by atoms with van der Waals surface area (Å²) in [6.07, 6.45) is 1.43. The second-order valence-electron chi connectivity index (χ2n) is 5.01. The summed E-state index contributed by atoms with van der Waals surface area (Å²) in [4.78, 5) is 12.0. The highest BCUT2D eigenvalue weighted by atomic mass is 35.5. The number of nitrogens with zero attached hydrogens (tertiary/aromatic N) is 2. The first-order chi connectivity index (χ1) is 12.6. The Morgan fingerprint density at radius 1 is 1.19 bits per heavy atom. The molecule has 0 heterocycles. The van der Waals surface area contributed by atoms with Gasteiger partial charge in [0.2, 0.25) is 0 Å². The molecular weight excluding hydrogens is 354 g/mol. The maximum absolute atomic E-state index is 12.0. The van der Waals surface area contributed by atoms with E-state index in [0.29, 0.717) is 27.8 Å². The van der Waals surface area contributed by atoms with E-state index in [0.717, 1.165) is 0 Å². The van der Waals surface area contributed by atoms with Crippen molar-refractivity contribution < 1.29 is 14.3 Å². The van der Waals surface area contributed by atoms with Crippen LogP contribution in [0.3, 0.4) is 0 Å². The van der Waals surface area contributed by atoms with Gasteiger partial charge in [0.1, 0.15) is 17.7 Å². The highest BCUT2D eigenvalue weighted by molar-refractivity contribution is 6.33. The number of carbonyl (C=O) groups is 1. The lowest BCUT2D eigenvalue weighted by atomic mass is 10.1. The third kappa shape index (κ3) is 5.01. The van der Waals surface area contributed by atoms with E-state index in [-0.39, 0.29) is 18.1 Å². The predicted molar refractivity (Wildman–Crippen MR) is 97.8 cm³/mol. The number of nitriles is 2. The Balaban J connectivity index is 2.07. The molecule has 130 valence electrons. The first kappa shape index (κ1) is 18.9. The molecule has 0 aliphatic carbocycles. The minimum Gasteiger partial charge on any atom is -0.493 e. The molecular formula is C19H14ClN3O3. The molecule has 0 bridgehead atoms. The molecule has 2 rings (SSSR count). The van der Waals surface area contributed by atoms with Gasteiger partial charge in [-0.2, -0.15) is 10.5 Å². The lowest BCUT2D eigenvalue weighted by Gasteiger charge is -2.12. The highest BCUT2D eigenvalue weighted by Gasteiger charge is 2.10. The number of halogens is 1. The Morgan fingerprint density at radius 2 is 1.92 bits per heavy atom. The van der Waals surface area contributed by atoms with Crippen molar-refractivity contribution in [3.8, 4) is 23.6 Å². The average Bonchev–Trinajstić information content (AvgIpc) is 2.66. The van der Waals surface area contributed by atoms with E-state index in [2.05, 4.69) is 5.32 Å². The zero-order valence-corrected chi connectivity index (χ0v) is 14.6.